The fourth-order valence-corrected chi connectivity index (χ4v) is 2.22. The molecule has 0 saturated heterocycles. The molecule has 2 aromatic heterocycles. The Balaban J connectivity index is 1.99. The van der Waals surface area contributed by atoms with E-state index in [0.29, 0.717) is 12.0 Å². The maximum Gasteiger partial charge on any atom is 0.0852 e. The molecule has 0 aliphatic heterocycles. The first-order chi connectivity index (χ1) is 9.97. The summed E-state index contributed by atoms with van der Waals surface area (Å²) in [6.45, 7) is 13.5. The van der Waals surface area contributed by atoms with E-state index in [2.05, 4.69) is 56.2 Å². The van der Waals surface area contributed by atoms with Crippen LogP contribution in [-0.2, 0) is 13.1 Å². The Morgan fingerprint density at radius 1 is 1.24 bits per heavy atom. The molecule has 0 atom stereocenters. The zero-order valence-corrected chi connectivity index (χ0v) is 13.8. The van der Waals surface area contributed by atoms with E-state index >= 15 is 0 Å². The van der Waals surface area contributed by atoms with Crippen molar-refractivity contribution in [3.63, 3.8) is 0 Å². The molecule has 21 heavy (non-hydrogen) atoms. The second-order valence-corrected chi connectivity index (χ2v) is 6.32. The highest BCUT2D eigenvalue weighted by Gasteiger charge is 2.09. The Labute approximate surface area is 127 Å². The highest BCUT2D eigenvalue weighted by Crippen LogP contribution is 2.10. The maximum absolute atomic E-state index is 4.58. The largest absolute Gasteiger partial charge is 0.312 e. The Kier molecular flexibility index (Phi) is 5.17. The van der Waals surface area contributed by atoms with Crippen LogP contribution < -0.4 is 5.32 Å². The van der Waals surface area contributed by atoms with E-state index in [1.165, 1.54) is 11.3 Å². The van der Waals surface area contributed by atoms with Gasteiger partial charge in [-0.3, -0.25) is 9.36 Å². The average Bonchev–Trinajstić information content (AvgIpc) is 3.00. The van der Waals surface area contributed by atoms with Crippen molar-refractivity contribution in [3.8, 4) is 0 Å². The van der Waals surface area contributed by atoms with Gasteiger partial charge in [-0.2, -0.15) is 10.2 Å². The van der Waals surface area contributed by atoms with Gasteiger partial charge in [0, 0.05) is 30.0 Å². The van der Waals surface area contributed by atoms with Crippen molar-refractivity contribution >= 4 is 0 Å². The third-order valence-corrected chi connectivity index (χ3v) is 3.58. The second-order valence-electron chi connectivity index (χ2n) is 6.32. The van der Waals surface area contributed by atoms with Gasteiger partial charge in [0.15, 0.2) is 0 Å². The first kappa shape index (κ1) is 15.8. The van der Waals surface area contributed by atoms with Crippen LogP contribution in [0.2, 0.25) is 0 Å². The van der Waals surface area contributed by atoms with Crippen LogP contribution in [0.4, 0.5) is 0 Å². The van der Waals surface area contributed by atoms with Gasteiger partial charge in [-0.25, -0.2) is 0 Å². The van der Waals surface area contributed by atoms with Crippen molar-refractivity contribution in [3.05, 3.63) is 35.4 Å². The molecule has 0 aliphatic rings. The molecule has 0 amide bonds. The number of nitrogens with one attached hydrogen (secondary N) is 1. The lowest BCUT2D eigenvalue weighted by Gasteiger charge is -2.08. The predicted octanol–water partition coefficient (Wildman–Crippen LogP) is 2.76. The van der Waals surface area contributed by atoms with Gasteiger partial charge in [-0.1, -0.05) is 13.8 Å². The Morgan fingerprint density at radius 3 is 2.62 bits per heavy atom. The topological polar surface area (TPSA) is 47.7 Å². The molecule has 116 valence electrons. The van der Waals surface area contributed by atoms with Crippen LogP contribution in [0.15, 0.2) is 18.5 Å². The SMILES string of the molecule is Cc1c(CNCC(C)C)cnn1Cc1ccn(C(C)C)n1. The number of hydrogen-bond donors (Lipinski definition) is 1. The summed E-state index contributed by atoms with van der Waals surface area (Å²) >= 11 is 0. The summed E-state index contributed by atoms with van der Waals surface area (Å²) in [4.78, 5) is 0. The lowest BCUT2D eigenvalue weighted by molar-refractivity contribution is 0.519. The standard InChI is InChI=1S/C16H27N5/c1-12(2)8-17-9-15-10-18-21(14(15)5)11-16-6-7-20(19-16)13(3)4/h6-7,10,12-13,17H,8-9,11H2,1-5H3. The Morgan fingerprint density at radius 2 is 2.00 bits per heavy atom. The molecule has 0 fully saturated rings. The van der Waals surface area contributed by atoms with E-state index < -0.39 is 0 Å². The molecule has 0 unspecified atom stereocenters. The smallest absolute Gasteiger partial charge is 0.0852 e. The third kappa shape index (κ3) is 4.17. The molecule has 1 N–H and O–H groups in total. The number of rotatable bonds is 7. The van der Waals surface area contributed by atoms with E-state index in [-0.39, 0.29) is 0 Å². The van der Waals surface area contributed by atoms with Crippen molar-refractivity contribution in [2.45, 2.75) is 53.8 Å². The predicted molar refractivity (Wildman–Crippen MR) is 85.2 cm³/mol. The normalized spacial score (nSPS) is 11.8. The second kappa shape index (κ2) is 6.89. The Bertz CT molecular complexity index is 565. The van der Waals surface area contributed by atoms with Crippen LogP contribution in [0.3, 0.4) is 0 Å². The van der Waals surface area contributed by atoms with Crippen molar-refractivity contribution < 1.29 is 0 Å². The lowest BCUT2D eigenvalue weighted by atomic mass is 10.2. The van der Waals surface area contributed by atoms with Gasteiger partial charge in [-0.05, 0) is 39.3 Å². The molecule has 0 spiro atoms. The summed E-state index contributed by atoms with van der Waals surface area (Å²) in [6, 6.07) is 2.46. The number of nitrogens with zero attached hydrogens (tertiary/aromatic N) is 4. The molecule has 2 heterocycles. The summed E-state index contributed by atoms with van der Waals surface area (Å²) in [5.74, 6) is 0.667. The molecule has 2 rings (SSSR count). The van der Waals surface area contributed by atoms with Crippen LogP contribution in [0.1, 0.15) is 50.7 Å². The van der Waals surface area contributed by atoms with E-state index in [1.54, 1.807) is 0 Å². The first-order valence-corrected chi connectivity index (χ1v) is 7.73. The van der Waals surface area contributed by atoms with Crippen LogP contribution in [0, 0.1) is 12.8 Å². The van der Waals surface area contributed by atoms with Gasteiger partial charge in [0.25, 0.3) is 0 Å². The van der Waals surface area contributed by atoms with E-state index in [1.807, 2.05) is 21.8 Å². The van der Waals surface area contributed by atoms with Gasteiger partial charge in [0.05, 0.1) is 18.4 Å². The van der Waals surface area contributed by atoms with Crippen LogP contribution >= 0.6 is 0 Å². The third-order valence-electron chi connectivity index (χ3n) is 3.58. The fraction of sp³-hybridized carbons (Fsp3) is 0.625. The molecule has 0 saturated carbocycles. The summed E-state index contributed by atoms with van der Waals surface area (Å²) in [5.41, 5.74) is 3.53. The summed E-state index contributed by atoms with van der Waals surface area (Å²) in [6.07, 6.45) is 3.99. The van der Waals surface area contributed by atoms with Crippen LogP contribution in [0.25, 0.3) is 0 Å². The van der Waals surface area contributed by atoms with Gasteiger partial charge >= 0.3 is 0 Å². The molecule has 5 nitrogen and oxygen atoms in total. The van der Waals surface area contributed by atoms with Gasteiger partial charge in [0.2, 0.25) is 0 Å². The van der Waals surface area contributed by atoms with E-state index in [0.717, 1.165) is 25.3 Å². The zero-order valence-electron chi connectivity index (χ0n) is 13.8. The van der Waals surface area contributed by atoms with Crippen molar-refractivity contribution in [2.24, 2.45) is 5.92 Å². The summed E-state index contributed by atoms with van der Waals surface area (Å²) in [5, 5.41) is 12.5. The lowest BCUT2D eigenvalue weighted by Crippen LogP contribution is -2.19. The minimum absolute atomic E-state index is 0.397. The molecule has 0 aliphatic carbocycles. The number of aromatic nitrogens is 4. The molecule has 0 bridgehead atoms. The van der Waals surface area contributed by atoms with Crippen LogP contribution in [-0.4, -0.2) is 26.1 Å². The van der Waals surface area contributed by atoms with Crippen LogP contribution in [0.5, 0.6) is 0 Å². The fourth-order valence-electron chi connectivity index (χ4n) is 2.22. The first-order valence-electron chi connectivity index (χ1n) is 7.73. The number of hydrogen-bond acceptors (Lipinski definition) is 3. The average molecular weight is 289 g/mol. The Hall–Kier alpha value is -1.62. The van der Waals surface area contributed by atoms with Crippen molar-refractivity contribution in [1.82, 2.24) is 24.9 Å². The minimum Gasteiger partial charge on any atom is -0.312 e. The van der Waals surface area contributed by atoms with Crippen molar-refractivity contribution in [1.29, 1.82) is 0 Å². The monoisotopic (exact) mass is 289 g/mol. The van der Waals surface area contributed by atoms with Gasteiger partial charge < -0.3 is 5.32 Å². The minimum atomic E-state index is 0.397. The zero-order chi connectivity index (χ0) is 15.4. The van der Waals surface area contributed by atoms with Gasteiger partial charge in [0.1, 0.15) is 0 Å². The van der Waals surface area contributed by atoms with Crippen molar-refractivity contribution in [2.75, 3.05) is 6.54 Å². The van der Waals surface area contributed by atoms with E-state index in [4.69, 9.17) is 0 Å². The highest BCUT2D eigenvalue weighted by atomic mass is 15.3. The maximum atomic E-state index is 4.58. The van der Waals surface area contributed by atoms with E-state index in [9.17, 15) is 0 Å². The summed E-state index contributed by atoms with van der Waals surface area (Å²) in [7, 11) is 0. The quantitative estimate of drug-likeness (QED) is 0.852. The highest BCUT2D eigenvalue weighted by molar-refractivity contribution is 5.17. The molecular weight excluding hydrogens is 262 g/mol. The molecule has 5 heteroatoms. The summed E-state index contributed by atoms with van der Waals surface area (Å²) < 4.78 is 4.01. The molecule has 0 radical (unpaired) electrons. The van der Waals surface area contributed by atoms with Gasteiger partial charge in [-0.15, -0.1) is 0 Å². The molecule has 0 aromatic carbocycles. The molecule has 2 aromatic rings. The molecular formula is C16H27N5.